The van der Waals surface area contributed by atoms with Gasteiger partial charge in [0.15, 0.2) is 0 Å². The fourth-order valence-electron chi connectivity index (χ4n) is 4.29. The topological polar surface area (TPSA) is 47.8 Å². The number of hydrogen-bond acceptors (Lipinski definition) is 2. The van der Waals surface area contributed by atoms with Crippen LogP contribution in [0.15, 0.2) is 72.9 Å². The van der Waals surface area contributed by atoms with Crippen molar-refractivity contribution in [1.82, 2.24) is 4.57 Å². The van der Waals surface area contributed by atoms with Gasteiger partial charge >= 0.3 is 5.91 Å². The Balaban J connectivity index is 1.52. The Bertz CT molecular complexity index is 1340. The molecule has 2 N–H and O–H groups in total. The van der Waals surface area contributed by atoms with Gasteiger partial charge in [0, 0.05) is 30.6 Å². The Labute approximate surface area is 206 Å². The molecule has 0 radical (unpaired) electrons. The summed E-state index contributed by atoms with van der Waals surface area (Å²) in [6.45, 7) is 4.67. The number of benzene rings is 3. The number of quaternary nitrogens is 1. The van der Waals surface area contributed by atoms with Gasteiger partial charge in [-0.2, -0.15) is 0 Å². The van der Waals surface area contributed by atoms with Gasteiger partial charge in [0.2, 0.25) is 0 Å². The summed E-state index contributed by atoms with van der Waals surface area (Å²) < 4.78 is 21.2. The van der Waals surface area contributed by atoms with Gasteiger partial charge in [-0.15, -0.1) is 0 Å². The summed E-state index contributed by atoms with van der Waals surface area (Å²) in [5, 5.41) is 3.02. The number of carbonyl (C=O) groups excluding carboxylic acids is 1. The average Bonchev–Trinajstić information content (AvgIpc) is 3.17. The minimum Gasteiger partial charge on any atom is -0.493 e. The highest BCUT2D eigenvalue weighted by Crippen LogP contribution is 2.23. The number of nitrogens with zero attached hydrogens (tertiary/aromatic N) is 1. The number of hydrogen-bond donors (Lipinski definition) is 1. The van der Waals surface area contributed by atoms with Crippen molar-refractivity contribution >= 4 is 29.0 Å². The van der Waals surface area contributed by atoms with Gasteiger partial charge in [-0.3, -0.25) is 5.32 Å². The highest BCUT2D eigenvalue weighted by atomic mass is 19.1. The lowest BCUT2D eigenvalue weighted by Crippen LogP contribution is -2.93. The number of primary amides is 1. The van der Waals surface area contributed by atoms with Crippen LogP contribution in [-0.2, 0) is 13.5 Å². The zero-order chi connectivity index (χ0) is 24.8. The van der Waals surface area contributed by atoms with Crippen LogP contribution < -0.4 is 10.1 Å². The largest absolute Gasteiger partial charge is 0.493 e. The summed E-state index contributed by atoms with van der Waals surface area (Å²) in [5.41, 5.74) is 4.76. The van der Waals surface area contributed by atoms with E-state index in [2.05, 4.69) is 29.8 Å². The van der Waals surface area contributed by atoms with Crippen molar-refractivity contribution in [1.29, 1.82) is 0 Å². The zero-order valence-corrected chi connectivity index (χ0v) is 20.5. The lowest BCUT2D eigenvalue weighted by molar-refractivity contribution is -0.590. The number of carbonyl (C=O) groups is 1. The summed E-state index contributed by atoms with van der Waals surface area (Å²) >= 11 is 0. The van der Waals surface area contributed by atoms with Crippen LogP contribution in [0.4, 0.5) is 4.39 Å². The maximum atomic E-state index is 13.4. The van der Waals surface area contributed by atoms with E-state index in [1.807, 2.05) is 56.5 Å². The molecule has 1 aromatic heterocycles. The molecule has 0 saturated carbocycles. The first-order valence-corrected chi connectivity index (χ1v) is 12.1. The molecule has 4 nitrogen and oxygen atoms in total. The molecule has 5 heteroatoms. The summed E-state index contributed by atoms with van der Waals surface area (Å²) in [5.74, 6) is 0.297. The van der Waals surface area contributed by atoms with Gasteiger partial charge < -0.3 is 9.30 Å². The minimum atomic E-state index is -0.263. The fourth-order valence-corrected chi connectivity index (χ4v) is 4.29. The molecule has 1 atom stereocenters. The standard InChI is InChI=1S/C30H31FN2O2/c1-4-17-35-29-16-13-23(10-9-22-11-14-25(31)15-12-22)19-27(29)30(34)32-21(2)18-24-20-33(3)28-8-6-5-7-26(24)28/h5-16,19-21H,4,17-18H2,1-3H3,(H,32,34)/p+1/b10-9+. The van der Waals surface area contributed by atoms with E-state index in [4.69, 9.17) is 4.74 Å². The van der Waals surface area contributed by atoms with Crippen LogP contribution in [0.25, 0.3) is 23.1 Å². The predicted octanol–water partition coefficient (Wildman–Crippen LogP) is 5.61. The maximum Gasteiger partial charge on any atom is 0.346 e. The van der Waals surface area contributed by atoms with Crippen LogP contribution in [0.3, 0.4) is 0 Å². The highest BCUT2D eigenvalue weighted by Gasteiger charge is 2.21. The third-order valence-corrected chi connectivity index (χ3v) is 6.03. The number of aromatic nitrogens is 1. The van der Waals surface area contributed by atoms with E-state index in [0.717, 1.165) is 24.0 Å². The molecule has 0 bridgehead atoms. The number of ether oxygens (including phenoxy) is 1. The van der Waals surface area contributed by atoms with E-state index in [9.17, 15) is 9.18 Å². The van der Waals surface area contributed by atoms with Gasteiger partial charge in [-0.05, 0) is 60.4 Å². The third kappa shape index (κ3) is 6.06. The van der Waals surface area contributed by atoms with E-state index in [1.54, 1.807) is 17.4 Å². The summed E-state index contributed by atoms with van der Waals surface area (Å²) in [6, 6.07) is 20.4. The van der Waals surface area contributed by atoms with Crippen molar-refractivity contribution in [3.63, 3.8) is 0 Å². The summed E-state index contributed by atoms with van der Waals surface area (Å²) in [7, 11) is 2.05. The van der Waals surface area contributed by atoms with Crippen LogP contribution >= 0.6 is 0 Å². The number of fused-ring (bicyclic) bond motifs is 1. The SMILES string of the molecule is CCCOc1ccc(/C=C/c2ccc(F)cc2)cc1C(=O)[NH2+]C(C)Cc1cn(C)c2ccccc12. The fraction of sp³-hybridized carbons (Fsp3) is 0.233. The second kappa shape index (κ2) is 11.2. The van der Waals surface area contributed by atoms with Crippen molar-refractivity contribution in [3.05, 3.63) is 101 Å². The third-order valence-electron chi connectivity index (χ3n) is 6.03. The van der Waals surface area contributed by atoms with Crippen LogP contribution in [-0.4, -0.2) is 23.1 Å². The van der Waals surface area contributed by atoms with E-state index in [1.165, 1.54) is 28.6 Å². The maximum absolute atomic E-state index is 13.4. The number of para-hydroxylation sites is 1. The van der Waals surface area contributed by atoms with Crippen molar-refractivity contribution < 1.29 is 19.2 Å². The molecule has 35 heavy (non-hydrogen) atoms. The molecular weight excluding hydrogens is 439 g/mol. The normalized spacial score (nSPS) is 12.3. The number of aryl methyl sites for hydroxylation is 1. The van der Waals surface area contributed by atoms with E-state index < -0.39 is 0 Å². The van der Waals surface area contributed by atoms with E-state index >= 15 is 0 Å². The Morgan fingerprint density at radius 1 is 1.06 bits per heavy atom. The second-order valence-electron chi connectivity index (χ2n) is 8.98. The van der Waals surface area contributed by atoms with Crippen LogP contribution in [0, 0.1) is 5.82 Å². The first kappa shape index (κ1) is 24.4. The number of nitrogens with two attached hydrogens (primary N) is 1. The smallest absolute Gasteiger partial charge is 0.346 e. The van der Waals surface area contributed by atoms with Gasteiger partial charge in [0.1, 0.15) is 17.1 Å². The van der Waals surface area contributed by atoms with Crippen molar-refractivity contribution in [3.8, 4) is 5.75 Å². The molecule has 180 valence electrons. The molecule has 0 fully saturated rings. The molecule has 3 aromatic carbocycles. The Hall–Kier alpha value is -3.70. The van der Waals surface area contributed by atoms with Crippen LogP contribution in [0.5, 0.6) is 5.75 Å². The lowest BCUT2D eigenvalue weighted by Gasteiger charge is -2.13. The zero-order valence-electron chi connectivity index (χ0n) is 20.5. The molecule has 1 heterocycles. The molecule has 0 saturated heterocycles. The van der Waals surface area contributed by atoms with Gasteiger partial charge in [0.05, 0.1) is 12.6 Å². The molecule has 0 aliphatic rings. The number of rotatable bonds is 9. The Kier molecular flexibility index (Phi) is 7.78. The minimum absolute atomic E-state index is 0.0409. The Morgan fingerprint density at radius 3 is 2.54 bits per heavy atom. The molecule has 0 aliphatic carbocycles. The highest BCUT2D eigenvalue weighted by molar-refractivity contribution is 5.91. The second-order valence-corrected chi connectivity index (χ2v) is 8.98. The lowest BCUT2D eigenvalue weighted by atomic mass is 10.0. The number of halogens is 1. The molecule has 1 unspecified atom stereocenters. The van der Waals surface area contributed by atoms with Gasteiger partial charge in [-0.1, -0.05) is 55.5 Å². The molecule has 0 aliphatic heterocycles. The van der Waals surface area contributed by atoms with E-state index in [-0.39, 0.29) is 17.8 Å². The van der Waals surface area contributed by atoms with Crippen LogP contribution in [0.2, 0.25) is 0 Å². The first-order chi connectivity index (χ1) is 16.9. The summed E-state index contributed by atoms with van der Waals surface area (Å²) in [6.07, 6.45) is 7.62. The van der Waals surface area contributed by atoms with Crippen molar-refractivity contribution in [2.75, 3.05) is 6.61 Å². The number of amides is 1. The monoisotopic (exact) mass is 471 g/mol. The Morgan fingerprint density at radius 2 is 1.77 bits per heavy atom. The van der Waals surface area contributed by atoms with Gasteiger partial charge in [-0.25, -0.2) is 9.18 Å². The molecule has 4 aromatic rings. The predicted molar refractivity (Wildman–Crippen MR) is 140 cm³/mol. The van der Waals surface area contributed by atoms with Gasteiger partial charge in [0.25, 0.3) is 0 Å². The molecule has 0 spiro atoms. The first-order valence-electron chi connectivity index (χ1n) is 12.1. The quantitative estimate of drug-likeness (QED) is 0.323. The van der Waals surface area contributed by atoms with Crippen molar-refractivity contribution in [2.45, 2.75) is 32.7 Å². The van der Waals surface area contributed by atoms with E-state index in [0.29, 0.717) is 17.9 Å². The molecule has 4 rings (SSSR count). The summed E-state index contributed by atoms with van der Waals surface area (Å²) in [4.78, 5) is 13.4. The van der Waals surface area contributed by atoms with Crippen LogP contribution in [0.1, 0.15) is 47.3 Å². The average molecular weight is 472 g/mol. The van der Waals surface area contributed by atoms with Crippen molar-refractivity contribution in [2.24, 2.45) is 7.05 Å². The molecule has 1 amide bonds. The molecular formula is C30H32FN2O2+.